The second-order valence-electron chi connectivity index (χ2n) is 4.66. The van der Waals surface area contributed by atoms with Crippen molar-refractivity contribution in [3.63, 3.8) is 0 Å². The van der Waals surface area contributed by atoms with Crippen LogP contribution in [0.1, 0.15) is 39.5 Å². The molecule has 2 atom stereocenters. The first-order valence-electron chi connectivity index (χ1n) is 6.12. The molecule has 0 aromatic heterocycles. The van der Waals surface area contributed by atoms with E-state index in [1.807, 2.05) is 13.8 Å². The van der Waals surface area contributed by atoms with E-state index in [-0.39, 0.29) is 12.0 Å². The predicted octanol–water partition coefficient (Wildman–Crippen LogP) is 1.47. The Bertz CT molecular complexity index is 232. The highest BCUT2D eigenvalue weighted by Gasteiger charge is 2.44. The molecule has 0 saturated heterocycles. The monoisotopic (exact) mass is 229 g/mol. The zero-order chi connectivity index (χ0) is 12.0. The lowest BCUT2D eigenvalue weighted by atomic mass is 9.85. The van der Waals surface area contributed by atoms with Gasteiger partial charge in [0.25, 0.3) is 0 Å². The summed E-state index contributed by atoms with van der Waals surface area (Å²) in [4.78, 5) is 11.9. The third-order valence-corrected chi connectivity index (χ3v) is 3.31. The third-order valence-electron chi connectivity index (χ3n) is 3.31. The molecule has 1 fully saturated rings. The van der Waals surface area contributed by atoms with Crippen LogP contribution in [-0.2, 0) is 14.3 Å². The molecule has 0 aromatic rings. The van der Waals surface area contributed by atoms with Crippen LogP contribution in [0.3, 0.4) is 0 Å². The zero-order valence-electron chi connectivity index (χ0n) is 10.3. The van der Waals surface area contributed by atoms with E-state index in [4.69, 9.17) is 15.2 Å². The SMILES string of the molecule is CCCOCCOC(=O)C1(C)CCCC1N. The fourth-order valence-electron chi connectivity index (χ4n) is 2.05. The summed E-state index contributed by atoms with van der Waals surface area (Å²) in [5.74, 6) is -0.169. The van der Waals surface area contributed by atoms with Crippen molar-refractivity contribution in [2.45, 2.75) is 45.6 Å². The number of hydrogen-bond acceptors (Lipinski definition) is 4. The molecule has 0 aromatic carbocycles. The van der Waals surface area contributed by atoms with E-state index in [9.17, 15) is 4.79 Å². The van der Waals surface area contributed by atoms with Crippen molar-refractivity contribution < 1.29 is 14.3 Å². The molecule has 0 amide bonds. The summed E-state index contributed by atoms with van der Waals surface area (Å²) in [6.45, 7) is 5.48. The van der Waals surface area contributed by atoms with Gasteiger partial charge in [-0.3, -0.25) is 4.79 Å². The Morgan fingerprint density at radius 3 is 2.75 bits per heavy atom. The minimum absolute atomic E-state index is 0.0587. The fraction of sp³-hybridized carbons (Fsp3) is 0.917. The average molecular weight is 229 g/mol. The Kier molecular flexibility index (Phi) is 5.22. The van der Waals surface area contributed by atoms with Crippen LogP contribution in [0.25, 0.3) is 0 Å². The quantitative estimate of drug-likeness (QED) is 0.553. The molecule has 2 N–H and O–H groups in total. The standard InChI is InChI=1S/C12H23NO3/c1-3-7-15-8-9-16-11(14)12(2)6-4-5-10(12)13/h10H,3-9,13H2,1-2H3. The van der Waals surface area contributed by atoms with Crippen molar-refractivity contribution in [1.29, 1.82) is 0 Å². The van der Waals surface area contributed by atoms with E-state index < -0.39 is 5.41 Å². The molecule has 1 rings (SSSR count). The Morgan fingerprint density at radius 1 is 1.44 bits per heavy atom. The minimum Gasteiger partial charge on any atom is -0.463 e. The number of ether oxygens (including phenoxy) is 2. The van der Waals surface area contributed by atoms with Crippen LogP contribution in [0.4, 0.5) is 0 Å². The Labute approximate surface area is 97.5 Å². The summed E-state index contributed by atoms with van der Waals surface area (Å²) < 4.78 is 10.4. The smallest absolute Gasteiger partial charge is 0.313 e. The van der Waals surface area contributed by atoms with Gasteiger partial charge >= 0.3 is 5.97 Å². The summed E-state index contributed by atoms with van der Waals surface area (Å²) in [5.41, 5.74) is 5.45. The normalized spacial score (nSPS) is 29.3. The van der Waals surface area contributed by atoms with Crippen molar-refractivity contribution in [3.8, 4) is 0 Å². The number of esters is 1. The summed E-state index contributed by atoms with van der Waals surface area (Å²) >= 11 is 0. The summed E-state index contributed by atoms with van der Waals surface area (Å²) in [6, 6.07) is -0.0587. The van der Waals surface area contributed by atoms with Crippen LogP contribution in [0, 0.1) is 5.41 Å². The molecule has 94 valence electrons. The first kappa shape index (κ1) is 13.5. The van der Waals surface area contributed by atoms with E-state index in [0.717, 1.165) is 25.7 Å². The number of carbonyl (C=O) groups is 1. The zero-order valence-corrected chi connectivity index (χ0v) is 10.3. The lowest BCUT2D eigenvalue weighted by molar-refractivity contribution is -0.156. The van der Waals surface area contributed by atoms with Crippen molar-refractivity contribution in [1.82, 2.24) is 0 Å². The highest BCUT2D eigenvalue weighted by atomic mass is 16.6. The van der Waals surface area contributed by atoms with E-state index in [0.29, 0.717) is 19.8 Å². The summed E-state index contributed by atoms with van der Waals surface area (Å²) in [6.07, 6.45) is 3.75. The van der Waals surface area contributed by atoms with E-state index >= 15 is 0 Å². The van der Waals surface area contributed by atoms with Gasteiger partial charge in [-0.25, -0.2) is 0 Å². The van der Waals surface area contributed by atoms with E-state index in [2.05, 4.69) is 0 Å². The van der Waals surface area contributed by atoms with Crippen molar-refractivity contribution in [3.05, 3.63) is 0 Å². The van der Waals surface area contributed by atoms with Gasteiger partial charge in [0.2, 0.25) is 0 Å². The van der Waals surface area contributed by atoms with Crippen molar-refractivity contribution >= 4 is 5.97 Å². The van der Waals surface area contributed by atoms with Gasteiger partial charge in [-0.2, -0.15) is 0 Å². The fourth-order valence-corrected chi connectivity index (χ4v) is 2.05. The van der Waals surface area contributed by atoms with Gasteiger partial charge in [0.1, 0.15) is 6.61 Å². The van der Waals surface area contributed by atoms with Crippen molar-refractivity contribution in [2.24, 2.45) is 11.1 Å². The summed E-state index contributed by atoms with van der Waals surface area (Å²) in [5, 5.41) is 0. The maximum atomic E-state index is 11.9. The maximum Gasteiger partial charge on any atom is 0.313 e. The average Bonchev–Trinajstić information content (AvgIpc) is 2.60. The second-order valence-corrected chi connectivity index (χ2v) is 4.66. The number of hydrogen-bond donors (Lipinski definition) is 1. The number of carbonyl (C=O) groups excluding carboxylic acids is 1. The Balaban J connectivity index is 2.24. The topological polar surface area (TPSA) is 61.5 Å². The molecule has 4 nitrogen and oxygen atoms in total. The van der Waals surface area contributed by atoms with Crippen LogP contribution in [-0.4, -0.2) is 31.8 Å². The van der Waals surface area contributed by atoms with Gasteiger partial charge in [0, 0.05) is 12.6 Å². The molecule has 16 heavy (non-hydrogen) atoms. The maximum absolute atomic E-state index is 11.9. The van der Waals surface area contributed by atoms with E-state index in [1.54, 1.807) is 0 Å². The second kappa shape index (κ2) is 6.21. The molecule has 0 aliphatic heterocycles. The van der Waals surface area contributed by atoms with Crippen LogP contribution in [0.2, 0.25) is 0 Å². The van der Waals surface area contributed by atoms with Gasteiger partial charge in [0.05, 0.1) is 12.0 Å². The summed E-state index contributed by atoms with van der Waals surface area (Å²) in [7, 11) is 0. The molecule has 0 heterocycles. The molecule has 0 bridgehead atoms. The third kappa shape index (κ3) is 3.19. The first-order chi connectivity index (χ1) is 7.61. The van der Waals surface area contributed by atoms with Crippen molar-refractivity contribution in [2.75, 3.05) is 19.8 Å². The van der Waals surface area contributed by atoms with Gasteiger partial charge in [0.15, 0.2) is 0 Å². The Hall–Kier alpha value is -0.610. The van der Waals surface area contributed by atoms with Crippen LogP contribution >= 0.6 is 0 Å². The lowest BCUT2D eigenvalue weighted by Gasteiger charge is -2.26. The van der Waals surface area contributed by atoms with Crippen LogP contribution in [0.5, 0.6) is 0 Å². The molecule has 1 aliphatic rings. The first-order valence-corrected chi connectivity index (χ1v) is 6.12. The van der Waals surface area contributed by atoms with Crippen LogP contribution in [0.15, 0.2) is 0 Å². The molecular formula is C12H23NO3. The molecule has 1 aliphatic carbocycles. The highest BCUT2D eigenvalue weighted by Crippen LogP contribution is 2.37. The lowest BCUT2D eigenvalue weighted by Crippen LogP contribution is -2.42. The molecule has 4 heteroatoms. The molecule has 0 spiro atoms. The van der Waals surface area contributed by atoms with E-state index in [1.165, 1.54) is 0 Å². The van der Waals surface area contributed by atoms with Gasteiger partial charge < -0.3 is 15.2 Å². The largest absolute Gasteiger partial charge is 0.463 e. The molecular weight excluding hydrogens is 206 g/mol. The number of rotatable bonds is 6. The molecule has 2 unspecified atom stereocenters. The highest BCUT2D eigenvalue weighted by molar-refractivity contribution is 5.77. The van der Waals surface area contributed by atoms with Gasteiger partial charge in [-0.15, -0.1) is 0 Å². The van der Waals surface area contributed by atoms with Gasteiger partial charge in [-0.1, -0.05) is 13.3 Å². The minimum atomic E-state index is -0.481. The van der Waals surface area contributed by atoms with Crippen LogP contribution < -0.4 is 5.73 Å². The Morgan fingerprint density at radius 2 is 2.19 bits per heavy atom. The van der Waals surface area contributed by atoms with Gasteiger partial charge in [-0.05, 0) is 26.2 Å². The number of nitrogens with two attached hydrogens (primary N) is 1. The molecule has 1 saturated carbocycles. The molecule has 0 radical (unpaired) electrons. The predicted molar refractivity (Wildman–Crippen MR) is 62.0 cm³/mol.